The number of hydrogen-bond donors (Lipinski definition) is 1. The van der Waals surface area contributed by atoms with Crippen molar-refractivity contribution in [1.29, 1.82) is 0 Å². The highest BCUT2D eigenvalue weighted by atomic mass is 16.5. The molecule has 1 N–H and O–H groups in total. The summed E-state index contributed by atoms with van der Waals surface area (Å²) in [7, 11) is 1.51. The van der Waals surface area contributed by atoms with Gasteiger partial charge in [0.05, 0.1) is 7.11 Å². The molecule has 0 aliphatic rings. The Kier molecular flexibility index (Phi) is 2.79. The average Bonchev–Trinajstić information content (AvgIpc) is 2.01. The molecule has 0 saturated heterocycles. The molecule has 0 aromatic carbocycles. The Hall–Kier alpha value is -1.65. The van der Waals surface area contributed by atoms with E-state index in [0.717, 1.165) is 5.69 Å². The van der Waals surface area contributed by atoms with Crippen molar-refractivity contribution in [3.63, 3.8) is 0 Å². The molecule has 1 heterocycles. The summed E-state index contributed by atoms with van der Waals surface area (Å²) in [6.07, 6.45) is 0. The van der Waals surface area contributed by atoms with Gasteiger partial charge in [0, 0.05) is 18.7 Å². The number of anilines is 1. The van der Waals surface area contributed by atoms with E-state index in [9.17, 15) is 4.79 Å². The molecule has 5 nitrogen and oxygen atoms in total. The van der Waals surface area contributed by atoms with E-state index in [1.165, 1.54) is 14.0 Å². The van der Waals surface area contributed by atoms with Crippen LogP contribution in [-0.4, -0.2) is 23.0 Å². The second-order valence-electron chi connectivity index (χ2n) is 2.56. The van der Waals surface area contributed by atoms with Gasteiger partial charge in [-0.1, -0.05) is 0 Å². The Bertz CT molecular complexity index is 325. The minimum absolute atomic E-state index is 0.201. The average molecular weight is 181 g/mol. The van der Waals surface area contributed by atoms with Crippen molar-refractivity contribution >= 4 is 11.9 Å². The van der Waals surface area contributed by atoms with Gasteiger partial charge in [-0.05, 0) is 6.92 Å². The molecule has 1 aromatic heterocycles. The summed E-state index contributed by atoms with van der Waals surface area (Å²) in [5.74, 6) is 0.508. The Balaban J connectivity index is 2.94. The molecule has 0 saturated carbocycles. The molecule has 0 aliphatic carbocycles. The Morgan fingerprint density at radius 2 is 2.23 bits per heavy atom. The number of hydrogen-bond acceptors (Lipinski definition) is 4. The van der Waals surface area contributed by atoms with Crippen LogP contribution in [0.4, 0.5) is 5.95 Å². The summed E-state index contributed by atoms with van der Waals surface area (Å²) in [6, 6.07) is 1.69. The van der Waals surface area contributed by atoms with Gasteiger partial charge >= 0.3 is 0 Å². The predicted molar refractivity (Wildman–Crippen MR) is 47.6 cm³/mol. The monoisotopic (exact) mass is 181 g/mol. The number of carbonyl (C=O) groups is 1. The first-order chi connectivity index (χ1) is 6.11. The van der Waals surface area contributed by atoms with Gasteiger partial charge in [0.15, 0.2) is 0 Å². The summed E-state index contributed by atoms with van der Waals surface area (Å²) in [5.41, 5.74) is 0.746. The van der Waals surface area contributed by atoms with E-state index in [4.69, 9.17) is 4.74 Å². The quantitative estimate of drug-likeness (QED) is 0.731. The molecule has 1 amide bonds. The number of amides is 1. The minimum atomic E-state index is -0.201. The number of carbonyl (C=O) groups excluding carboxylic acids is 1. The Morgan fingerprint density at radius 1 is 1.54 bits per heavy atom. The van der Waals surface area contributed by atoms with Gasteiger partial charge in [0.1, 0.15) is 0 Å². The summed E-state index contributed by atoms with van der Waals surface area (Å²) in [5, 5.41) is 2.48. The number of aromatic nitrogens is 2. The third-order valence-electron chi connectivity index (χ3n) is 1.33. The van der Waals surface area contributed by atoms with Crippen LogP contribution in [0.25, 0.3) is 0 Å². The standard InChI is InChI=1S/C8H11N3O2/c1-5-4-7(13-3)11-8(9-5)10-6(2)12/h4H,1-3H3,(H,9,10,11,12). The Morgan fingerprint density at radius 3 is 2.77 bits per heavy atom. The molecule has 0 fully saturated rings. The second kappa shape index (κ2) is 3.84. The van der Waals surface area contributed by atoms with Crippen LogP contribution in [0.3, 0.4) is 0 Å². The SMILES string of the molecule is COc1cc(C)nc(NC(C)=O)n1. The van der Waals surface area contributed by atoms with Crippen LogP contribution < -0.4 is 10.1 Å². The van der Waals surface area contributed by atoms with Crippen molar-refractivity contribution in [2.45, 2.75) is 13.8 Å². The maximum atomic E-state index is 10.7. The normalized spacial score (nSPS) is 9.46. The van der Waals surface area contributed by atoms with Crippen molar-refractivity contribution in [1.82, 2.24) is 9.97 Å². The fraction of sp³-hybridized carbons (Fsp3) is 0.375. The smallest absolute Gasteiger partial charge is 0.232 e. The maximum absolute atomic E-state index is 10.7. The van der Waals surface area contributed by atoms with E-state index >= 15 is 0 Å². The fourth-order valence-corrected chi connectivity index (χ4v) is 0.858. The zero-order valence-electron chi connectivity index (χ0n) is 7.79. The number of rotatable bonds is 2. The van der Waals surface area contributed by atoms with Gasteiger partial charge in [0.2, 0.25) is 17.7 Å². The molecule has 1 rings (SSSR count). The van der Waals surface area contributed by atoms with Gasteiger partial charge in [-0.25, -0.2) is 4.98 Å². The van der Waals surface area contributed by atoms with Crippen LogP contribution in [0.5, 0.6) is 5.88 Å². The maximum Gasteiger partial charge on any atom is 0.232 e. The topological polar surface area (TPSA) is 64.1 Å². The van der Waals surface area contributed by atoms with Gasteiger partial charge in [-0.3, -0.25) is 10.1 Å². The number of ether oxygens (including phenoxy) is 1. The first kappa shape index (κ1) is 9.44. The summed E-state index contributed by atoms with van der Waals surface area (Å²) in [6.45, 7) is 3.20. The van der Waals surface area contributed by atoms with Crippen molar-refractivity contribution in [2.75, 3.05) is 12.4 Å². The number of aryl methyl sites for hydroxylation is 1. The van der Waals surface area contributed by atoms with Crippen molar-refractivity contribution in [2.24, 2.45) is 0 Å². The molecule has 0 unspecified atom stereocenters. The molecule has 0 bridgehead atoms. The number of nitrogens with zero attached hydrogens (tertiary/aromatic N) is 2. The predicted octanol–water partition coefficient (Wildman–Crippen LogP) is 0.752. The minimum Gasteiger partial charge on any atom is -0.481 e. The van der Waals surface area contributed by atoms with E-state index in [-0.39, 0.29) is 11.9 Å². The van der Waals surface area contributed by atoms with Crippen LogP contribution in [0.2, 0.25) is 0 Å². The largest absolute Gasteiger partial charge is 0.481 e. The molecule has 0 aliphatic heterocycles. The molecule has 1 aromatic rings. The van der Waals surface area contributed by atoms with Gasteiger partial charge in [-0.15, -0.1) is 0 Å². The van der Waals surface area contributed by atoms with Crippen LogP contribution in [-0.2, 0) is 4.79 Å². The van der Waals surface area contributed by atoms with E-state index in [1.807, 2.05) is 0 Å². The van der Waals surface area contributed by atoms with E-state index < -0.39 is 0 Å². The molecule has 13 heavy (non-hydrogen) atoms. The number of methoxy groups -OCH3 is 1. The van der Waals surface area contributed by atoms with E-state index in [0.29, 0.717) is 5.88 Å². The lowest BCUT2D eigenvalue weighted by Gasteiger charge is -2.03. The second-order valence-corrected chi connectivity index (χ2v) is 2.56. The van der Waals surface area contributed by atoms with Crippen LogP contribution in [0.15, 0.2) is 6.07 Å². The highest BCUT2D eigenvalue weighted by Crippen LogP contribution is 2.10. The summed E-state index contributed by atoms with van der Waals surface area (Å²) in [4.78, 5) is 18.6. The lowest BCUT2D eigenvalue weighted by Crippen LogP contribution is -2.10. The van der Waals surface area contributed by atoms with Crippen molar-refractivity contribution in [3.8, 4) is 5.88 Å². The molecule has 0 radical (unpaired) electrons. The Labute approximate surface area is 76.2 Å². The van der Waals surface area contributed by atoms with Gasteiger partial charge in [-0.2, -0.15) is 4.98 Å². The van der Waals surface area contributed by atoms with E-state index in [1.54, 1.807) is 13.0 Å². The highest BCUT2D eigenvalue weighted by molar-refractivity contribution is 5.86. The third kappa shape index (κ3) is 2.70. The fourth-order valence-electron chi connectivity index (χ4n) is 0.858. The van der Waals surface area contributed by atoms with Gasteiger partial charge in [0.25, 0.3) is 0 Å². The highest BCUT2D eigenvalue weighted by Gasteiger charge is 2.02. The van der Waals surface area contributed by atoms with Gasteiger partial charge < -0.3 is 4.74 Å². The van der Waals surface area contributed by atoms with Crippen molar-refractivity contribution in [3.05, 3.63) is 11.8 Å². The lowest BCUT2D eigenvalue weighted by atomic mass is 10.4. The van der Waals surface area contributed by atoms with E-state index in [2.05, 4.69) is 15.3 Å². The van der Waals surface area contributed by atoms with Crippen LogP contribution >= 0.6 is 0 Å². The van der Waals surface area contributed by atoms with Crippen LogP contribution in [0, 0.1) is 6.92 Å². The van der Waals surface area contributed by atoms with Crippen LogP contribution in [0.1, 0.15) is 12.6 Å². The molecule has 0 spiro atoms. The molecular formula is C8H11N3O2. The molecular weight excluding hydrogens is 170 g/mol. The lowest BCUT2D eigenvalue weighted by molar-refractivity contribution is -0.114. The third-order valence-corrected chi connectivity index (χ3v) is 1.33. The summed E-state index contributed by atoms with van der Waals surface area (Å²) < 4.78 is 4.91. The first-order valence-electron chi connectivity index (χ1n) is 3.79. The molecule has 5 heteroatoms. The van der Waals surface area contributed by atoms with Crippen molar-refractivity contribution < 1.29 is 9.53 Å². The molecule has 0 atom stereocenters. The number of nitrogens with one attached hydrogen (secondary N) is 1. The zero-order chi connectivity index (χ0) is 9.84. The molecule has 70 valence electrons. The first-order valence-corrected chi connectivity index (χ1v) is 3.79. The summed E-state index contributed by atoms with van der Waals surface area (Å²) >= 11 is 0. The zero-order valence-corrected chi connectivity index (χ0v) is 7.79.